The van der Waals surface area contributed by atoms with Crippen molar-refractivity contribution in [2.75, 3.05) is 12.4 Å². The molecule has 1 N–H and O–H groups in total. The van der Waals surface area contributed by atoms with E-state index < -0.39 is 17.8 Å². The van der Waals surface area contributed by atoms with Gasteiger partial charge in [-0.1, -0.05) is 23.7 Å². The van der Waals surface area contributed by atoms with Gasteiger partial charge in [0, 0.05) is 16.3 Å². The SMILES string of the molecule is COC(=O)C(C(=O)Nc1ccc(C(C)=O)cc1)c1ccc(Cl)cc1. The number of hydrogen-bond donors (Lipinski definition) is 1. The molecule has 0 radical (unpaired) electrons. The normalized spacial score (nSPS) is 11.5. The Balaban J connectivity index is 2.23. The highest BCUT2D eigenvalue weighted by atomic mass is 35.5. The number of ether oxygens (including phenoxy) is 1. The molecule has 0 saturated carbocycles. The molecule has 2 aromatic rings. The van der Waals surface area contributed by atoms with Gasteiger partial charge in [-0.3, -0.25) is 14.4 Å². The predicted molar refractivity (Wildman–Crippen MR) is 91.3 cm³/mol. The number of esters is 1. The minimum Gasteiger partial charge on any atom is -0.468 e. The molecule has 0 fully saturated rings. The van der Waals surface area contributed by atoms with E-state index in [-0.39, 0.29) is 5.78 Å². The second kappa shape index (κ2) is 7.75. The Hall–Kier alpha value is -2.66. The van der Waals surface area contributed by atoms with Crippen molar-refractivity contribution < 1.29 is 19.1 Å². The average Bonchev–Trinajstić information content (AvgIpc) is 2.57. The monoisotopic (exact) mass is 345 g/mol. The minimum atomic E-state index is -1.11. The zero-order valence-corrected chi connectivity index (χ0v) is 14.0. The molecule has 0 saturated heterocycles. The van der Waals surface area contributed by atoms with Crippen LogP contribution in [0.1, 0.15) is 28.8 Å². The third-order valence-corrected chi connectivity index (χ3v) is 3.71. The number of nitrogens with one attached hydrogen (secondary N) is 1. The summed E-state index contributed by atoms with van der Waals surface area (Å²) in [6.45, 7) is 1.46. The van der Waals surface area contributed by atoms with Crippen LogP contribution in [0.15, 0.2) is 48.5 Å². The van der Waals surface area contributed by atoms with Crippen molar-refractivity contribution in [3.63, 3.8) is 0 Å². The van der Waals surface area contributed by atoms with Crippen LogP contribution in [0.2, 0.25) is 5.02 Å². The lowest BCUT2D eigenvalue weighted by Gasteiger charge is -2.15. The molecule has 1 amide bonds. The number of ketones is 1. The van der Waals surface area contributed by atoms with Gasteiger partial charge in [0.1, 0.15) is 0 Å². The summed E-state index contributed by atoms with van der Waals surface area (Å²) in [6.07, 6.45) is 0. The van der Waals surface area contributed by atoms with Gasteiger partial charge in [-0.15, -0.1) is 0 Å². The summed E-state index contributed by atoms with van der Waals surface area (Å²) in [4.78, 5) is 35.8. The van der Waals surface area contributed by atoms with Gasteiger partial charge in [-0.05, 0) is 48.9 Å². The van der Waals surface area contributed by atoms with Crippen LogP contribution in [0, 0.1) is 0 Å². The summed E-state index contributed by atoms with van der Waals surface area (Å²) in [5, 5.41) is 3.15. The highest BCUT2D eigenvalue weighted by molar-refractivity contribution is 6.30. The number of anilines is 1. The lowest BCUT2D eigenvalue weighted by molar-refractivity contribution is -0.145. The highest BCUT2D eigenvalue weighted by Crippen LogP contribution is 2.22. The van der Waals surface area contributed by atoms with Crippen LogP contribution >= 0.6 is 11.6 Å². The van der Waals surface area contributed by atoms with E-state index in [4.69, 9.17) is 16.3 Å². The summed E-state index contributed by atoms with van der Waals surface area (Å²) in [5.41, 5.74) is 1.49. The molecular weight excluding hydrogens is 330 g/mol. The first-order chi connectivity index (χ1) is 11.4. The average molecular weight is 346 g/mol. The van der Waals surface area contributed by atoms with Crippen LogP contribution in [0.5, 0.6) is 0 Å². The van der Waals surface area contributed by atoms with Gasteiger partial charge < -0.3 is 10.1 Å². The van der Waals surface area contributed by atoms with Crippen LogP contribution in [0.3, 0.4) is 0 Å². The van der Waals surface area contributed by atoms with Gasteiger partial charge in [-0.2, -0.15) is 0 Å². The van der Waals surface area contributed by atoms with Crippen molar-refractivity contribution in [2.45, 2.75) is 12.8 Å². The molecule has 6 heteroatoms. The molecule has 1 atom stereocenters. The number of benzene rings is 2. The van der Waals surface area contributed by atoms with Crippen LogP contribution in [-0.2, 0) is 14.3 Å². The molecule has 0 heterocycles. The molecule has 0 aliphatic carbocycles. The Morgan fingerprint density at radius 1 is 1.00 bits per heavy atom. The molecule has 124 valence electrons. The zero-order valence-electron chi connectivity index (χ0n) is 13.2. The van der Waals surface area contributed by atoms with Crippen LogP contribution < -0.4 is 5.32 Å². The Labute approximate surface area is 144 Å². The number of rotatable bonds is 5. The number of hydrogen-bond acceptors (Lipinski definition) is 4. The number of carbonyl (C=O) groups is 3. The van der Waals surface area contributed by atoms with Crippen LogP contribution in [0.25, 0.3) is 0 Å². The van der Waals surface area contributed by atoms with Crippen molar-refractivity contribution in [2.24, 2.45) is 0 Å². The molecule has 2 aromatic carbocycles. The third-order valence-electron chi connectivity index (χ3n) is 3.46. The number of carbonyl (C=O) groups excluding carboxylic acids is 3. The quantitative estimate of drug-likeness (QED) is 0.512. The summed E-state index contributed by atoms with van der Waals surface area (Å²) in [6, 6.07) is 12.8. The lowest BCUT2D eigenvalue weighted by Crippen LogP contribution is -2.28. The van der Waals surface area contributed by atoms with E-state index in [9.17, 15) is 14.4 Å². The van der Waals surface area contributed by atoms with Gasteiger partial charge >= 0.3 is 5.97 Å². The molecule has 0 aliphatic rings. The van der Waals surface area contributed by atoms with Gasteiger partial charge in [0.15, 0.2) is 11.7 Å². The van der Waals surface area contributed by atoms with Crippen LogP contribution in [-0.4, -0.2) is 24.8 Å². The number of Topliss-reactive ketones (excluding diaryl/α,β-unsaturated/α-hetero) is 1. The molecular formula is C18H16ClNO4. The fourth-order valence-corrected chi connectivity index (χ4v) is 2.30. The first-order valence-electron chi connectivity index (χ1n) is 7.17. The summed E-state index contributed by atoms with van der Waals surface area (Å²) in [7, 11) is 1.22. The molecule has 5 nitrogen and oxygen atoms in total. The smallest absolute Gasteiger partial charge is 0.322 e. The van der Waals surface area contributed by atoms with E-state index in [1.807, 2.05) is 0 Å². The molecule has 0 aliphatic heterocycles. The van der Waals surface area contributed by atoms with Crippen molar-refractivity contribution in [1.82, 2.24) is 0 Å². The third kappa shape index (κ3) is 4.20. The maximum atomic E-state index is 12.5. The highest BCUT2D eigenvalue weighted by Gasteiger charge is 2.29. The Kier molecular flexibility index (Phi) is 5.71. The van der Waals surface area contributed by atoms with Gasteiger partial charge in [0.2, 0.25) is 5.91 Å². The number of halogens is 1. The topological polar surface area (TPSA) is 72.5 Å². The molecule has 1 unspecified atom stereocenters. The number of amides is 1. The first kappa shape index (κ1) is 17.7. The molecule has 0 aromatic heterocycles. The fourth-order valence-electron chi connectivity index (χ4n) is 2.17. The van der Waals surface area contributed by atoms with E-state index >= 15 is 0 Å². The predicted octanol–water partition coefficient (Wildman–Crippen LogP) is 3.44. The summed E-state index contributed by atoms with van der Waals surface area (Å²) in [5.74, 6) is -2.38. The van der Waals surface area contributed by atoms with Gasteiger partial charge in [0.25, 0.3) is 0 Å². The Morgan fingerprint density at radius 2 is 1.58 bits per heavy atom. The zero-order chi connectivity index (χ0) is 17.7. The Bertz CT molecular complexity index is 754. The standard InChI is InChI=1S/C18H16ClNO4/c1-11(21)12-5-9-15(10-6-12)20-17(22)16(18(23)24-2)13-3-7-14(19)8-4-13/h3-10,16H,1-2H3,(H,20,22). The van der Waals surface area contributed by atoms with E-state index in [0.29, 0.717) is 21.8 Å². The second-order valence-electron chi connectivity index (χ2n) is 5.13. The van der Waals surface area contributed by atoms with Crippen LogP contribution in [0.4, 0.5) is 5.69 Å². The fraction of sp³-hybridized carbons (Fsp3) is 0.167. The number of methoxy groups -OCH3 is 1. The van der Waals surface area contributed by atoms with Gasteiger partial charge in [-0.25, -0.2) is 0 Å². The first-order valence-corrected chi connectivity index (χ1v) is 7.55. The maximum Gasteiger partial charge on any atom is 0.322 e. The second-order valence-corrected chi connectivity index (χ2v) is 5.57. The van der Waals surface area contributed by atoms with Crippen molar-refractivity contribution in [1.29, 1.82) is 0 Å². The molecule has 0 bridgehead atoms. The van der Waals surface area contributed by atoms with E-state index in [1.165, 1.54) is 14.0 Å². The van der Waals surface area contributed by atoms with Crippen molar-refractivity contribution >= 4 is 34.9 Å². The summed E-state index contributed by atoms with van der Waals surface area (Å²) >= 11 is 5.84. The van der Waals surface area contributed by atoms with E-state index in [0.717, 1.165) is 0 Å². The summed E-state index contributed by atoms with van der Waals surface area (Å²) < 4.78 is 4.73. The van der Waals surface area contributed by atoms with E-state index in [2.05, 4.69) is 5.32 Å². The Morgan fingerprint density at radius 3 is 2.08 bits per heavy atom. The maximum absolute atomic E-state index is 12.5. The van der Waals surface area contributed by atoms with E-state index in [1.54, 1.807) is 48.5 Å². The largest absolute Gasteiger partial charge is 0.468 e. The van der Waals surface area contributed by atoms with Crippen molar-refractivity contribution in [3.05, 3.63) is 64.7 Å². The minimum absolute atomic E-state index is 0.0681. The molecule has 2 rings (SSSR count). The van der Waals surface area contributed by atoms with Gasteiger partial charge in [0.05, 0.1) is 7.11 Å². The molecule has 0 spiro atoms. The van der Waals surface area contributed by atoms with Crippen molar-refractivity contribution in [3.8, 4) is 0 Å². The lowest BCUT2D eigenvalue weighted by atomic mass is 9.98. The molecule has 24 heavy (non-hydrogen) atoms.